The standard InChI is InChI=1S/C14H20N4O2/c1-10(2)9-18(6-4-5-15)13-12(14(19)20-3)7-11(16)8-17-13/h7-8,10H,4,6,9,16H2,1-3H3. The maximum atomic E-state index is 11.8. The minimum atomic E-state index is -0.481. The summed E-state index contributed by atoms with van der Waals surface area (Å²) < 4.78 is 4.77. The highest BCUT2D eigenvalue weighted by atomic mass is 16.5. The zero-order valence-electron chi connectivity index (χ0n) is 12.1. The van der Waals surface area contributed by atoms with Crippen LogP contribution in [0.1, 0.15) is 30.6 Å². The summed E-state index contributed by atoms with van der Waals surface area (Å²) in [5, 5.41) is 8.76. The molecule has 6 heteroatoms. The summed E-state index contributed by atoms with van der Waals surface area (Å²) in [5.74, 6) is 0.402. The number of nitrogens with zero attached hydrogens (tertiary/aromatic N) is 3. The van der Waals surface area contributed by atoms with Gasteiger partial charge in [0.1, 0.15) is 11.4 Å². The highest BCUT2D eigenvalue weighted by molar-refractivity contribution is 5.95. The van der Waals surface area contributed by atoms with Crippen molar-refractivity contribution in [3.63, 3.8) is 0 Å². The van der Waals surface area contributed by atoms with E-state index in [0.29, 0.717) is 42.5 Å². The number of anilines is 2. The molecule has 0 unspecified atom stereocenters. The number of carbonyl (C=O) groups excluding carboxylic acids is 1. The number of rotatable bonds is 6. The lowest BCUT2D eigenvalue weighted by Gasteiger charge is -2.26. The van der Waals surface area contributed by atoms with Crippen LogP contribution in [-0.2, 0) is 4.74 Å². The van der Waals surface area contributed by atoms with Crippen LogP contribution in [0, 0.1) is 17.2 Å². The number of hydrogen-bond acceptors (Lipinski definition) is 6. The minimum Gasteiger partial charge on any atom is -0.465 e. The van der Waals surface area contributed by atoms with Gasteiger partial charge in [-0.3, -0.25) is 0 Å². The Balaban J connectivity index is 3.17. The van der Waals surface area contributed by atoms with Crippen molar-refractivity contribution in [1.29, 1.82) is 5.26 Å². The number of ether oxygens (including phenoxy) is 1. The second-order valence-electron chi connectivity index (χ2n) is 4.88. The van der Waals surface area contributed by atoms with Gasteiger partial charge in [0.05, 0.1) is 31.5 Å². The Morgan fingerprint density at radius 3 is 2.85 bits per heavy atom. The topological polar surface area (TPSA) is 92.2 Å². The first-order valence-electron chi connectivity index (χ1n) is 6.45. The van der Waals surface area contributed by atoms with Crippen LogP contribution in [0.4, 0.5) is 11.5 Å². The maximum Gasteiger partial charge on any atom is 0.341 e. The Morgan fingerprint density at radius 2 is 2.30 bits per heavy atom. The molecule has 0 aliphatic heterocycles. The van der Waals surface area contributed by atoms with E-state index >= 15 is 0 Å². The van der Waals surface area contributed by atoms with Gasteiger partial charge in [0, 0.05) is 13.1 Å². The van der Waals surface area contributed by atoms with E-state index in [1.54, 1.807) is 6.07 Å². The SMILES string of the molecule is COC(=O)c1cc(N)cnc1N(CCC#N)CC(C)C. The second kappa shape index (κ2) is 7.34. The van der Waals surface area contributed by atoms with Crippen molar-refractivity contribution in [1.82, 2.24) is 4.98 Å². The van der Waals surface area contributed by atoms with E-state index in [1.807, 2.05) is 4.90 Å². The summed E-state index contributed by atoms with van der Waals surface area (Å²) in [4.78, 5) is 18.0. The van der Waals surface area contributed by atoms with Crippen molar-refractivity contribution in [2.24, 2.45) is 5.92 Å². The first kappa shape index (κ1) is 15.8. The van der Waals surface area contributed by atoms with Gasteiger partial charge in [-0.25, -0.2) is 9.78 Å². The molecule has 0 bridgehead atoms. The van der Waals surface area contributed by atoms with Crippen LogP contribution in [0.2, 0.25) is 0 Å². The fourth-order valence-electron chi connectivity index (χ4n) is 1.90. The Morgan fingerprint density at radius 1 is 1.60 bits per heavy atom. The van der Waals surface area contributed by atoms with Gasteiger partial charge in [-0.1, -0.05) is 13.8 Å². The van der Waals surface area contributed by atoms with Gasteiger partial charge in [0.25, 0.3) is 0 Å². The van der Waals surface area contributed by atoms with Gasteiger partial charge in [0.15, 0.2) is 0 Å². The number of hydrogen-bond donors (Lipinski definition) is 1. The number of pyridine rings is 1. The minimum absolute atomic E-state index is 0.325. The van der Waals surface area contributed by atoms with Gasteiger partial charge in [0.2, 0.25) is 0 Å². The highest BCUT2D eigenvalue weighted by Gasteiger charge is 2.19. The van der Waals surface area contributed by atoms with Gasteiger partial charge < -0.3 is 15.4 Å². The largest absolute Gasteiger partial charge is 0.465 e. The van der Waals surface area contributed by atoms with Crippen molar-refractivity contribution in [2.75, 3.05) is 30.8 Å². The number of esters is 1. The van der Waals surface area contributed by atoms with E-state index in [0.717, 1.165) is 0 Å². The molecule has 2 N–H and O–H groups in total. The molecule has 1 aromatic heterocycles. The summed E-state index contributed by atoms with van der Waals surface area (Å²) in [6, 6.07) is 3.65. The molecule has 1 aromatic rings. The van der Waals surface area contributed by atoms with Crippen LogP contribution in [0.3, 0.4) is 0 Å². The van der Waals surface area contributed by atoms with Gasteiger partial charge in [-0.2, -0.15) is 5.26 Å². The first-order valence-corrected chi connectivity index (χ1v) is 6.45. The number of carbonyl (C=O) groups is 1. The summed E-state index contributed by atoms with van der Waals surface area (Å²) >= 11 is 0. The third-order valence-corrected chi connectivity index (χ3v) is 2.67. The van der Waals surface area contributed by atoms with Crippen molar-refractivity contribution >= 4 is 17.5 Å². The molecule has 20 heavy (non-hydrogen) atoms. The second-order valence-corrected chi connectivity index (χ2v) is 4.88. The van der Waals surface area contributed by atoms with Crippen molar-refractivity contribution in [3.8, 4) is 6.07 Å². The summed E-state index contributed by atoms with van der Waals surface area (Å²) in [6.07, 6.45) is 1.86. The Bertz CT molecular complexity index is 508. The van der Waals surface area contributed by atoms with Crippen LogP contribution < -0.4 is 10.6 Å². The van der Waals surface area contributed by atoms with Gasteiger partial charge >= 0.3 is 5.97 Å². The molecule has 0 fully saturated rings. The third kappa shape index (κ3) is 4.12. The molecule has 0 spiro atoms. The van der Waals surface area contributed by atoms with E-state index < -0.39 is 5.97 Å². The summed E-state index contributed by atoms with van der Waals surface area (Å²) in [7, 11) is 1.32. The number of nitrogens with two attached hydrogens (primary N) is 1. The third-order valence-electron chi connectivity index (χ3n) is 2.67. The van der Waals surface area contributed by atoms with Crippen molar-refractivity contribution < 1.29 is 9.53 Å². The lowest BCUT2D eigenvalue weighted by atomic mass is 10.1. The van der Waals surface area contributed by atoms with Crippen LogP contribution >= 0.6 is 0 Å². The molecule has 0 radical (unpaired) electrons. The molecule has 108 valence electrons. The summed E-state index contributed by atoms with van der Waals surface area (Å²) in [5.41, 5.74) is 6.41. The molecule has 0 saturated carbocycles. The van der Waals surface area contributed by atoms with E-state index in [1.165, 1.54) is 13.3 Å². The van der Waals surface area contributed by atoms with Gasteiger partial charge in [-0.15, -0.1) is 0 Å². The maximum absolute atomic E-state index is 11.8. The monoisotopic (exact) mass is 276 g/mol. The van der Waals surface area contributed by atoms with Crippen LogP contribution in [0.5, 0.6) is 0 Å². The Labute approximate surface area is 119 Å². The van der Waals surface area contributed by atoms with Crippen LogP contribution in [-0.4, -0.2) is 31.2 Å². The summed E-state index contributed by atoms with van der Waals surface area (Å²) in [6.45, 7) is 5.33. The lowest BCUT2D eigenvalue weighted by Crippen LogP contribution is -2.31. The molecule has 0 saturated heterocycles. The fraction of sp³-hybridized carbons (Fsp3) is 0.500. The average molecular weight is 276 g/mol. The predicted molar refractivity (Wildman–Crippen MR) is 77.3 cm³/mol. The predicted octanol–water partition coefficient (Wildman–Crippen LogP) is 1.83. The van der Waals surface area contributed by atoms with Crippen LogP contribution in [0.15, 0.2) is 12.3 Å². The molecule has 1 heterocycles. The van der Waals surface area contributed by atoms with Crippen molar-refractivity contribution in [2.45, 2.75) is 20.3 Å². The zero-order chi connectivity index (χ0) is 15.1. The van der Waals surface area contributed by atoms with Crippen molar-refractivity contribution in [3.05, 3.63) is 17.8 Å². The molecule has 0 aromatic carbocycles. The zero-order valence-corrected chi connectivity index (χ0v) is 12.1. The molecule has 0 aliphatic rings. The van der Waals surface area contributed by atoms with E-state index in [4.69, 9.17) is 15.7 Å². The lowest BCUT2D eigenvalue weighted by molar-refractivity contribution is 0.0601. The number of aromatic nitrogens is 1. The molecule has 0 amide bonds. The quantitative estimate of drug-likeness (QED) is 0.797. The Hall–Kier alpha value is -2.29. The van der Waals surface area contributed by atoms with Gasteiger partial charge in [-0.05, 0) is 12.0 Å². The number of nitriles is 1. The normalized spacial score (nSPS) is 10.2. The molecule has 1 rings (SSSR count). The smallest absolute Gasteiger partial charge is 0.341 e. The fourth-order valence-corrected chi connectivity index (χ4v) is 1.90. The van der Waals surface area contributed by atoms with E-state index in [2.05, 4.69) is 24.9 Å². The molecule has 6 nitrogen and oxygen atoms in total. The van der Waals surface area contributed by atoms with E-state index in [-0.39, 0.29) is 0 Å². The average Bonchev–Trinajstić information content (AvgIpc) is 2.42. The van der Waals surface area contributed by atoms with E-state index in [9.17, 15) is 4.79 Å². The molecular weight excluding hydrogens is 256 g/mol. The molecular formula is C14H20N4O2. The Kier molecular flexibility index (Phi) is 5.78. The molecule has 0 aliphatic carbocycles. The first-order chi connectivity index (χ1) is 9.49. The number of methoxy groups -OCH3 is 1. The molecule has 0 atom stereocenters. The number of nitrogen functional groups attached to an aromatic ring is 1. The highest BCUT2D eigenvalue weighted by Crippen LogP contribution is 2.22. The van der Waals surface area contributed by atoms with Crippen LogP contribution in [0.25, 0.3) is 0 Å².